The van der Waals surface area contributed by atoms with Gasteiger partial charge < -0.3 is 10.1 Å². The molecule has 1 aromatic heterocycles. The van der Waals surface area contributed by atoms with Crippen molar-refractivity contribution in [2.75, 3.05) is 13.2 Å². The highest BCUT2D eigenvalue weighted by molar-refractivity contribution is 7.11. The molecule has 0 bridgehead atoms. The lowest BCUT2D eigenvalue weighted by Crippen LogP contribution is -2.18. The number of ether oxygens (including phenoxy) is 1. The molecule has 2 atom stereocenters. The minimum Gasteiger partial charge on any atom is -0.371 e. The summed E-state index contributed by atoms with van der Waals surface area (Å²) in [5.74, 6) is 1.24. The van der Waals surface area contributed by atoms with Crippen LogP contribution in [0.3, 0.4) is 0 Å². The minimum absolute atomic E-state index is 0.173. The Kier molecular flexibility index (Phi) is 4.48. The molecule has 0 spiro atoms. The van der Waals surface area contributed by atoms with Gasteiger partial charge >= 0.3 is 0 Å². The first-order chi connectivity index (χ1) is 8.16. The molecule has 1 aromatic rings. The molecule has 1 aliphatic heterocycles. The van der Waals surface area contributed by atoms with Crippen LogP contribution >= 0.6 is 11.3 Å². The fourth-order valence-corrected chi connectivity index (χ4v) is 2.93. The molecule has 0 saturated carbocycles. The van der Waals surface area contributed by atoms with Gasteiger partial charge in [0.1, 0.15) is 16.1 Å². The Bertz CT molecular complexity index is 353. The molecule has 17 heavy (non-hydrogen) atoms. The van der Waals surface area contributed by atoms with Crippen molar-refractivity contribution in [2.45, 2.75) is 39.8 Å². The molecule has 1 saturated heterocycles. The van der Waals surface area contributed by atoms with E-state index in [4.69, 9.17) is 4.74 Å². The van der Waals surface area contributed by atoms with E-state index >= 15 is 0 Å². The van der Waals surface area contributed by atoms with E-state index in [-0.39, 0.29) is 6.10 Å². The molecule has 1 aliphatic rings. The van der Waals surface area contributed by atoms with Crippen LogP contribution in [0, 0.1) is 11.8 Å². The summed E-state index contributed by atoms with van der Waals surface area (Å²) in [7, 11) is 0. The van der Waals surface area contributed by atoms with Crippen molar-refractivity contribution < 1.29 is 4.74 Å². The predicted molar refractivity (Wildman–Crippen MR) is 68.9 cm³/mol. The van der Waals surface area contributed by atoms with Gasteiger partial charge in [0.05, 0.1) is 0 Å². The Morgan fingerprint density at radius 2 is 2.29 bits per heavy atom. The molecule has 96 valence electrons. The van der Waals surface area contributed by atoms with Crippen LogP contribution in [0.4, 0.5) is 0 Å². The molecule has 2 rings (SSSR count). The van der Waals surface area contributed by atoms with E-state index in [1.807, 2.05) is 0 Å². The second-order valence-corrected chi connectivity index (χ2v) is 6.21. The lowest BCUT2D eigenvalue weighted by atomic mass is 10.1. The zero-order valence-corrected chi connectivity index (χ0v) is 11.6. The van der Waals surface area contributed by atoms with Crippen LogP contribution in [0.25, 0.3) is 0 Å². The summed E-state index contributed by atoms with van der Waals surface area (Å²) in [5, 5.41) is 13.9. The number of nitrogens with one attached hydrogen (secondary N) is 1. The summed E-state index contributed by atoms with van der Waals surface area (Å²) < 4.78 is 5.69. The third-order valence-electron chi connectivity index (χ3n) is 2.94. The largest absolute Gasteiger partial charge is 0.371 e. The van der Waals surface area contributed by atoms with Gasteiger partial charge in [-0.2, -0.15) is 0 Å². The summed E-state index contributed by atoms with van der Waals surface area (Å²) in [5.41, 5.74) is 0. The Balaban J connectivity index is 1.87. The molecule has 5 heteroatoms. The topological polar surface area (TPSA) is 47.0 Å². The Hall–Kier alpha value is -0.520. The summed E-state index contributed by atoms with van der Waals surface area (Å²) in [6.45, 7) is 9.31. The summed E-state index contributed by atoms with van der Waals surface area (Å²) in [4.78, 5) is 0. The van der Waals surface area contributed by atoms with Crippen molar-refractivity contribution in [1.29, 1.82) is 0 Å². The first-order valence-corrected chi connectivity index (χ1v) is 7.13. The van der Waals surface area contributed by atoms with E-state index in [1.165, 1.54) is 0 Å². The van der Waals surface area contributed by atoms with E-state index < -0.39 is 0 Å². The Labute approximate surface area is 107 Å². The average molecular weight is 255 g/mol. The Morgan fingerprint density at radius 3 is 2.94 bits per heavy atom. The highest BCUT2D eigenvalue weighted by Gasteiger charge is 2.28. The van der Waals surface area contributed by atoms with E-state index in [0.29, 0.717) is 11.8 Å². The molecule has 1 N–H and O–H groups in total. The third kappa shape index (κ3) is 3.47. The molecule has 0 radical (unpaired) electrons. The molecule has 0 aliphatic carbocycles. The van der Waals surface area contributed by atoms with E-state index in [9.17, 15) is 0 Å². The van der Waals surface area contributed by atoms with Crippen LogP contribution in [-0.2, 0) is 11.3 Å². The first-order valence-electron chi connectivity index (χ1n) is 6.31. The maximum Gasteiger partial charge on any atom is 0.146 e. The molecule has 0 aromatic carbocycles. The van der Waals surface area contributed by atoms with Gasteiger partial charge in [0.15, 0.2) is 0 Å². The summed E-state index contributed by atoms with van der Waals surface area (Å²) in [6, 6.07) is 0. The van der Waals surface area contributed by atoms with Crippen molar-refractivity contribution in [2.24, 2.45) is 11.8 Å². The molecule has 4 nitrogen and oxygen atoms in total. The quantitative estimate of drug-likeness (QED) is 0.877. The third-order valence-corrected chi connectivity index (χ3v) is 3.93. The van der Waals surface area contributed by atoms with Gasteiger partial charge in [-0.1, -0.05) is 32.1 Å². The van der Waals surface area contributed by atoms with Gasteiger partial charge in [0.2, 0.25) is 0 Å². The van der Waals surface area contributed by atoms with Gasteiger partial charge in [0.25, 0.3) is 0 Å². The van der Waals surface area contributed by atoms with Crippen LogP contribution in [0.2, 0.25) is 0 Å². The molecule has 2 unspecified atom stereocenters. The number of nitrogens with zero attached hydrogens (tertiary/aromatic N) is 2. The zero-order chi connectivity index (χ0) is 12.3. The van der Waals surface area contributed by atoms with Crippen molar-refractivity contribution >= 4 is 11.3 Å². The van der Waals surface area contributed by atoms with E-state index in [2.05, 4.69) is 36.3 Å². The second-order valence-electron chi connectivity index (χ2n) is 5.12. The SMILES string of the molecule is CC(C)CNCc1nnc(C2OCCC2C)s1. The van der Waals surface area contributed by atoms with Crippen molar-refractivity contribution in [3.8, 4) is 0 Å². The lowest BCUT2D eigenvalue weighted by Gasteiger charge is -2.09. The van der Waals surface area contributed by atoms with Crippen molar-refractivity contribution in [3.63, 3.8) is 0 Å². The van der Waals surface area contributed by atoms with Crippen LogP contribution in [0.15, 0.2) is 0 Å². The molecule has 1 fully saturated rings. The van der Waals surface area contributed by atoms with Gasteiger partial charge in [-0.25, -0.2) is 0 Å². The number of rotatable bonds is 5. The predicted octanol–water partition coefficient (Wildman–Crippen LogP) is 2.38. The average Bonchev–Trinajstić information content (AvgIpc) is 2.86. The molecule has 0 amide bonds. The number of hydrogen-bond acceptors (Lipinski definition) is 5. The zero-order valence-electron chi connectivity index (χ0n) is 10.8. The first kappa shape index (κ1) is 12.9. The van der Waals surface area contributed by atoms with E-state index in [1.54, 1.807) is 11.3 Å². The monoisotopic (exact) mass is 255 g/mol. The summed E-state index contributed by atoms with van der Waals surface area (Å²) >= 11 is 1.68. The van der Waals surface area contributed by atoms with Gasteiger partial charge in [-0.15, -0.1) is 10.2 Å². The highest BCUT2D eigenvalue weighted by Crippen LogP contribution is 2.35. The fourth-order valence-electron chi connectivity index (χ4n) is 1.93. The van der Waals surface area contributed by atoms with Gasteiger partial charge in [0, 0.05) is 13.2 Å². The minimum atomic E-state index is 0.173. The fraction of sp³-hybridized carbons (Fsp3) is 0.833. The maximum atomic E-state index is 5.69. The smallest absolute Gasteiger partial charge is 0.146 e. The maximum absolute atomic E-state index is 5.69. The van der Waals surface area contributed by atoms with Crippen LogP contribution in [0.1, 0.15) is 43.3 Å². The van der Waals surface area contributed by atoms with Gasteiger partial charge in [-0.3, -0.25) is 0 Å². The molecular formula is C12H21N3OS. The van der Waals surface area contributed by atoms with Crippen LogP contribution < -0.4 is 5.32 Å². The lowest BCUT2D eigenvalue weighted by molar-refractivity contribution is 0.0937. The standard InChI is InChI=1S/C12H21N3OS/c1-8(2)6-13-7-10-14-15-12(17-10)11-9(3)4-5-16-11/h8-9,11,13H,4-7H2,1-3H3. The molecular weight excluding hydrogens is 234 g/mol. The number of hydrogen-bond donors (Lipinski definition) is 1. The van der Waals surface area contributed by atoms with Crippen molar-refractivity contribution in [1.82, 2.24) is 15.5 Å². The second kappa shape index (κ2) is 5.89. The number of aromatic nitrogens is 2. The van der Waals surface area contributed by atoms with Gasteiger partial charge in [-0.05, 0) is 24.8 Å². The van der Waals surface area contributed by atoms with Crippen molar-refractivity contribution in [3.05, 3.63) is 10.0 Å². The normalized spacial score (nSPS) is 24.7. The van der Waals surface area contributed by atoms with Crippen LogP contribution in [0.5, 0.6) is 0 Å². The summed E-state index contributed by atoms with van der Waals surface area (Å²) in [6.07, 6.45) is 1.30. The van der Waals surface area contributed by atoms with Crippen LogP contribution in [-0.4, -0.2) is 23.3 Å². The molecule has 2 heterocycles. The Morgan fingerprint density at radius 1 is 1.47 bits per heavy atom. The highest BCUT2D eigenvalue weighted by atomic mass is 32.1. The van der Waals surface area contributed by atoms with E-state index in [0.717, 1.165) is 36.1 Å².